The molecule has 0 spiro atoms. The number of hydrogen-bond acceptors (Lipinski definition) is 3. The predicted octanol–water partition coefficient (Wildman–Crippen LogP) is 1.72. The lowest BCUT2D eigenvalue weighted by molar-refractivity contribution is 0.161. The van der Waals surface area contributed by atoms with Gasteiger partial charge < -0.3 is 5.11 Å². The quantitative estimate of drug-likeness (QED) is 0.843. The largest absolute Gasteiger partial charge is 0.393 e. The fraction of sp³-hybridized carbons (Fsp3) is 0.538. The minimum atomic E-state index is -2.97. The zero-order valence-corrected chi connectivity index (χ0v) is 11.2. The van der Waals surface area contributed by atoms with Crippen molar-refractivity contribution < 1.29 is 13.5 Å². The molecule has 0 amide bonds. The first-order chi connectivity index (χ1) is 7.87. The number of benzene rings is 1. The monoisotopic (exact) mass is 256 g/mol. The summed E-state index contributed by atoms with van der Waals surface area (Å²) in [4.78, 5) is 0. The van der Waals surface area contributed by atoms with Crippen molar-refractivity contribution >= 4 is 9.84 Å². The average molecular weight is 256 g/mol. The van der Waals surface area contributed by atoms with Crippen molar-refractivity contribution in [3.63, 3.8) is 0 Å². The van der Waals surface area contributed by atoms with Crippen LogP contribution in [-0.2, 0) is 16.3 Å². The van der Waals surface area contributed by atoms with Crippen molar-refractivity contribution in [2.45, 2.75) is 32.3 Å². The molecule has 1 rings (SSSR count). The molecule has 3 nitrogen and oxygen atoms in total. The van der Waals surface area contributed by atoms with Gasteiger partial charge >= 0.3 is 0 Å². The highest BCUT2D eigenvalue weighted by Gasteiger charge is 2.09. The van der Waals surface area contributed by atoms with Crippen molar-refractivity contribution in [2.24, 2.45) is 0 Å². The van der Waals surface area contributed by atoms with Gasteiger partial charge in [-0.05, 0) is 31.7 Å². The van der Waals surface area contributed by atoms with Gasteiger partial charge in [0, 0.05) is 6.26 Å². The van der Waals surface area contributed by atoms with E-state index in [-0.39, 0.29) is 5.75 Å². The van der Waals surface area contributed by atoms with Crippen LogP contribution in [0, 0.1) is 6.92 Å². The molecule has 1 N–H and O–H groups in total. The minimum Gasteiger partial charge on any atom is -0.393 e. The van der Waals surface area contributed by atoms with Crippen LogP contribution in [0.25, 0.3) is 0 Å². The van der Waals surface area contributed by atoms with Gasteiger partial charge in [-0.2, -0.15) is 0 Å². The highest BCUT2D eigenvalue weighted by Crippen LogP contribution is 2.10. The number of aliphatic hydroxyl groups excluding tert-OH is 1. The van der Waals surface area contributed by atoms with Crippen molar-refractivity contribution in [3.8, 4) is 0 Å². The van der Waals surface area contributed by atoms with E-state index in [2.05, 4.69) is 6.07 Å². The summed E-state index contributed by atoms with van der Waals surface area (Å²) < 4.78 is 21.9. The molecule has 1 atom stereocenters. The van der Waals surface area contributed by atoms with Crippen molar-refractivity contribution in [3.05, 3.63) is 35.4 Å². The Bertz CT molecular complexity index is 451. The molecule has 0 radical (unpaired) electrons. The maximum atomic E-state index is 10.9. The molecule has 1 unspecified atom stereocenters. The zero-order valence-electron chi connectivity index (χ0n) is 10.4. The summed E-state index contributed by atoms with van der Waals surface area (Å²) >= 11 is 0. The summed E-state index contributed by atoms with van der Waals surface area (Å²) in [5.41, 5.74) is 2.39. The summed E-state index contributed by atoms with van der Waals surface area (Å²) in [6, 6.07) is 8.14. The van der Waals surface area contributed by atoms with Crippen LogP contribution in [0.15, 0.2) is 24.3 Å². The van der Waals surface area contributed by atoms with Crippen LogP contribution >= 0.6 is 0 Å². The van der Waals surface area contributed by atoms with Gasteiger partial charge in [0.2, 0.25) is 0 Å². The molecule has 0 aromatic heterocycles. The lowest BCUT2D eigenvalue weighted by Gasteiger charge is -2.10. The molecule has 0 saturated heterocycles. The van der Waals surface area contributed by atoms with E-state index in [1.54, 1.807) is 0 Å². The second-order valence-corrected chi connectivity index (χ2v) is 6.86. The molecule has 0 heterocycles. The van der Waals surface area contributed by atoms with Gasteiger partial charge in [0.05, 0.1) is 11.9 Å². The first-order valence-electron chi connectivity index (χ1n) is 5.78. The fourth-order valence-corrected chi connectivity index (χ4v) is 2.40. The van der Waals surface area contributed by atoms with Gasteiger partial charge in [0.1, 0.15) is 9.84 Å². The summed E-state index contributed by atoms with van der Waals surface area (Å²) in [5, 5.41) is 9.68. The second kappa shape index (κ2) is 6.17. The van der Waals surface area contributed by atoms with Crippen LogP contribution in [0.4, 0.5) is 0 Å². The summed E-state index contributed by atoms with van der Waals surface area (Å²) in [6.45, 7) is 2.03. The van der Waals surface area contributed by atoms with E-state index in [0.717, 1.165) is 6.42 Å². The molecule has 0 aliphatic heterocycles. The molecule has 1 aromatic rings. The maximum absolute atomic E-state index is 10.9. The van der Waals surface area contributed by atoms with Crippen LogP contribution in [0.5, 0.6) is 0 Å². The molecule has 17 heavy (non-hydrogen) atoms. The number of aliphatic hydroxyl groups is 1. The molecular weight excluding hydrogens is 236 g/mol. The van der Waals surface area contributed by atoms with Crippen molar-refractivity contribution in [1.29, 1.82) is 0 Å². The third-order valence-electron chi connectivity index (χ3n) is 2.67. The van der Waals surface area contributed by atoms with E-state index in [4.69, 9.17) is 0 Å². The van der Waals surface area contributed by atoms with E-state index in [0.29, 0.717) is 12.8 Å². The third-order valence-corrected chi connectivity index (χ3v) is 3.65. The maximum Gasteiger partial charge on any atom is 0.147 e. The van der Waals surface area contributed by atoms with Crippen LogP contribution < -0.4 is 0 Å². The molecule has 0 fully saturated rings. The Kier molecular flexibility index (Phi) is 5.15. The fourth-order valence-electron chi connectivity index (χ4n) is 1.70. The summed E-state index contributed by atoms with van der Waals surface area (Å²) in [5.74, 6) is 0.0575. The van der Waals surface area contributed by atoms with E-state index in [1.165, 1.54) is 17.4 Å². The first-order valence-corrected chi connectivity index (χ1v) is 7.84. The summed E-state index contributed by atoms with van der Waals surface area (Å²) in [7, 11) is -2.97. The van der Waals surface area contributed by atoms with Gasteiger partial charge in [-0.15, -0.1) is 0 Å². The van der Waals surface area contributed by atoms with Gasteiger partial charge in [0.25, 0.3) is 0 Å². The topological polar surface area (TPSA) is 54.4 Å². The number of rotatable bonds is 6. The Hall–Kier alpha value is -0.870. The standard InChI is InChI=1S/C13H20O3S/c1-11-4-3-5-12(10-11)6-7-13(14)8-9-17(2,15)16/h3-5,10,13-14H,6-9H2,1-2H3. The SMILES string of the molecule is Cc1cccc(CCC(O)CCS(C)(=O)=O)c1. The van der Waals surface area contributed by atoms with Gasteiger partial charge in [-0.1, -0.05) is 29.8 Å². The van der Waals surface area contributed by atoms with E-state index in [9.17, 15) is 13.5 Å². The van der Waals surface area contributed by atoms with Crippen LogP contribution in [0.1, 0.15) is 24.0 Å². The number of hydrogen-bond donors (Lipinski definition) is 1. The van der Waals surface area contributed by atoms with Crippen LogP contribution in [-0.4, -0.2) is 31.6 Å². The molecule has 0 aliphatic rings. The third kappa shape index (κ3) is 6.44. The predicted molar refractivity (Wildman–Crippen MR) is 69.8 cm³/mol. The van der Waals surface area contributed by atoms with Gasteiger partial charge in [-0.25, -0.2) is 8.42 Å². The Labute approximate surface area is 103 Å². The van der Waals surface area contributed by atoms with Crippen molar-refractivity contribution in [1.82, 2.24) is 0 Å². The second-order valence-electron chi connectivity index (χ2n) is 4.60. The first kappa shape index (κ1) is 14.2. The lowest BCUT2D eigenvalue weighted by atomic mass is 10.0. The minimum absolute atomic E-state index is 0.0575. The molecule has 4 heteroatoms. The molecule has 1 aromatic carbocycles. The van der Waals surface area contributed by atoms with E-state index < -0.39 is 15.9 Å². The highest BCUT2D eigenvalue weighted by atomic mass is 32.2. The molecular formula is C13H20O3S. The van der Waals surface area contributed by atoms with E-state index >= 15 is 0 Å². The summed E-state index contributed by atoms with van der Waals surface area (Å²) in [6.07, 6.45) is 2.38. The van der Waals surface area contributed by atoms with Crippen molar-refractivity contribution in [2.75, 3.05) is 12.0 Å². The Morgan fingerprint density at radius 1 is 1.29 bits per heavy atom. The lowest BCUT2D eigenvalue weighted by Crippen LogP contribution is -2.14. The van der Waals surface area contributed by atoms with Gasteiger partial charge in [-0.3, -0.25) is 0 Å². The molecule has 0 aliphatic carbocycles. The number of sulfone groups is 1. The van der Waals surface area contributed by atoms with Gasteiger partial charge in [0.15, 0.2) is 0 Å². The molecule has 0 saturated carbocycles. The number of aryl methyl sites for hydroxylation is 2. The van der Waals surface area contributed by atoms with E-state index in [1.807, 2.05) is 25.1 Å². The Morgan fingerprint density at radius 3 is 2.59 bits per heavy atom. The molecule has 96 valence electrons. The normalized spacial score (nSPS) is 13.6. The van der Waals surface area contributed by atoms with Crippen LogP contribution in [0.3, 0.4) is 0 Å². The Balaban J connectivity index is 2.36. The zero-order chi connectivity index (χ0) is 12.9. The Morgan fingerprint density at radius 2 is 2.00 bits per heavy atom. The highest BCUT2D eigenvalue weighted by molar-refractivity contribution is 7.90. The average Bonchev–Trinajstić information content (AvgIpc) is 2.23. The van der Waals surface area contributed by atoms with Crippen LogP contribution in [0.2, 0.25) is 0 Å². The molecule has 0 bridgehead atoms. The smallest absolute Gasteiger partial charge is 0.147 e.